The molecule has 6 heteroatoms. The number of rotatable bonds is 4. The van der Waals surface area contributed by atoms with E-state index in [4.69, 9.17) is 0 Å². The first-order valence-corrected chi connectivity index (χ1v) is 9.08. The van der Waals surface area contributed by atoms with Gasteiger partial charge in [-0.05, 0) is 37.5 Å². The summed E-state index contributed by atoms with van der Waals surface area (Å²) >= 11 is 0. The molecule has 0 spiro atoms. The normalized spacial score (nSPS) is 17.9. The van der Waals surface area contributed by atoms with Gasteiger partial charge in [-0.1, -0.05) is 32.0 Å². The smallest absolute Gasteiger partial charge is 0.272 e. The Balaban J connectivity index is 1.78. The number of carbonyl (C=O) groups is 2. The zero-order chi connectivity index (χ0) is 18.8. The van der Waals surface area contributed by atoms with Crippen LogP contribution in [0.5, 0.6) is 0 Å². The predicted molar refractivity (Wildman–Crippen MR) is 101 cm³/mol. The Morgan fingerprint density at radius 2 is 1.92 bits per heavy atom. The van der Waals surface area contributed by atoms with E-state index in [1.54, 1.807) is 28.5 Å². The Labute approximate surface area is 154 Å². The minimum absolute atomic E-state index is 0.0552. The molecule has 2 aromatic rings. The van der Waals surface area contributed by atoms with E-state index in [1.165, 1.54) is 0 Å². The maximum absolute atomic E-state index is 13.0. The molecule has 26 heavy (non-hydrogen) atoms. The van der Waals surface area contributed by atoms with E-state index in [-0.39, 0.29) is 11.8 Å². The highest BCUT2D eigenvalue weighted by molar-refractivity contribution is 6.02. The number of aryl methyl sites for hydroxylation is 1. The van der Waals surface area contributed by atoms with E-state index in [0.29, 0.717) is 24.7 Å². The van der Waals surface area contributed by atoms with Crippen LogP contribution in [-0.4, -0.2) is 45.6 Å². The Morgan fingerprint density at radius 3 is 2.58 bits per heavy atom. The van der Waals surface area contributed by atoms with Crippen LogP contribution in [0.25, 0.3) is 0 Å². The minimum Gasteiger partial charge on any atom is -0.324 e. The molecule has 2 heterocycles. The number of piperazine rings is 1. The highest BCUT2D eigenvalue weighted by Crippen LogP contribution is 2.22. The van der Waals surface area contributed by atoms with E-state index in [2.05, 4.69) is 18.9 Å². The number of anilines is 1. The molecule has 1 aromatic heterocycles. The van der Waals surface area contributed by atoms with Crippen molar-refractivity contribution in [3.05, 3.63) is 47.8 Å². The van der Waals surface area contributed by atoms with E-state index >= 15 is 0 Å². The Kier molecular flexibility index (Phi) is 5.11. The summed E-state index contributed by atoms with van der Waals surface area (Å²) < 4.78 is 1.63. The number of amides is 2. The fourth-order valence-electron chi connectivity index (χ4n) is 3.40. The van der Waals surface area contributed by atoms with E-state index in [0.717, 1.165) is 17.8 Å². The quantitative estimate of drug-likeness (QED) is 0.848. The van der Waals surface area contributed by atoms with Crippen LogP contribution in [0.2, 0.25) is 0 Å². The number of para-hydroxylation sites is 1. The number of carbonyl (C=O) groups excluding carboxylic acids is 2. The molecule has 1 fully saturated rings. The maximum atomic E-state index is 13.0. The minimum atomic E-state index is -0.500. The fraction of sp³-hybridized carbons (Fsp3) is 0.450. The van der Waals surface area contributed by atoms with Gasteiger partial charge in [-0.2, -0.15) is 5.10 Å². The van der Waals surface area contributed by atoms with Crippen molar-refractivity contribution in [2.75, 3.05) is 18.0 Å². The monoisotopic (exact) mass is 354 g/mol. The molecule has 138 valence electrons. The summed E-state index contributed by atoms with van der Waals surface area (Å²) in [4.78, 5) is 29.2. The van der Waals surface area contributed by atoms with E-state index in [1.807, 2.05) is 36.4 Å². The van der Waals surface area contributed by atoms with Gasteiger partial charge in [0.15, 0.2) is 0 Å². The zero-order valence-electron chi connectivity index (χ0n) is 15.8. The van der Waals surface area contributed by atoms with Gasteiger partial charge in [0.1, 0.15) is 11.7 Å². The van der Waals surface area contributed by atoms with Crippen molar-refractivity contribution in [2.24, 2.45) is 13.0 Å². The summed E-state index contributed by atoms with van der Waals surface area (Å²) in [6.07, 6.45) is 0.831. The molecule has 2 amide bonds. The Morgan fingerprint density at radius 1 is 1.23 bits per heavy atom. The van der Waals surface area contributed by atoms with Gasteiger partial charge in [0.05, 0.1) is 5.69 Å². The molecule has 1 unspecified atom stereocenters. The summed E-state index contributed by atoms with van der Waals surface area (Å²) in [5, 5.41) is 4.45. The lowest BCUT2D eigenvalue weighted by Gasteiger charge is -2.39. The van der Waals surface area contributed by atoms with Gasteiger partial charge in [0.25, 0.3) is 5.91 Å². The van der Waals surface area contributed by atoms with Crippen LogP contribution < -0.4 is 4.90 Å². The molecule has 1 atom stereocenters. The van der Waals surface area contributed by atoms with Gasteiger partial charge in [0.2, 0.25) is 5.91 Å². The first-order valence-electron chi connectivity index (χ1n) is 9.08. The maximum Gasteiger partial charge on any atom is 0.272 e. The highest BCUT2D eigenvalue weighted by atomic mass is 16.2. The van der Waals surface area contributed by atoms with Gasteiger partial charge < -0.3 is 9.80 Å². The van der Waals surface area contributed by atoms with Gasteiger partial charge >= 0.3 is 0 Å². The molecule has 3 rings (SSSR count). The molecule has 0 saturated carbocycles. The van der Waals surface area contributed by atoms with Crippen LogP contribution in [0.4, 0.5) is 5.69 Å². The Hall–Kier alpha value is -2.63. The van der Waals surface area contributed by atoms with Crippen molar-refractivity contribution in [1.82, 2.24) is 14.7 Å². The molecule has 0 N–H and O–H groups in total. The number of nitrogens with zero attached hydrogens (tertiary/aromatic N) is 4. The summed E-state index contributed by atoms with van der Waals surface area (Å²) in [5.41, 5.74) is 2.32. The fourth-order valence-corrected chi connectivity index (χ4v) is 3.40. The van der Waals surface area contributed by atoms with Crippen molar-refractivity contribution < 1.29 is 9.59 Å². The third kappa shape index (κ3) is 3.49. The van der Waals surface area contributed by atoms with Gasteiger partial charge in [-0.15, -0.1) is 0 Å². The second-order valence-corrected chi connectivity index (χ2v) is 7.24. The summed E-state index contributed by atoms with van der Waals surface area (Å²) in [7, 11) is 1.78. The second kappa shape index (κ2) is 7.32. The first kappa shape index (κ1) is 18.2. The van der Waals surface area contributed by atoms with Crippen LogP contribution in [0.15, 0.2) is 36.4 Å². The lowest BCUT2D eigenvalue weighted by Crippen LogP contribution is -2.58. The van der Waals surface area contributed by atoms with E-state index < -0.39 is 6.04 Å². The summed E-state index contributed by atoms with van der Waals surface area (Å²) in [6.45, 7) is 7.04. The van der Waals surface area contributed by atoms with Crippen LogP contribution in [-0.2, 0) is 18.3 Å². The molecule has 1 aliphatic rings. The molecule has 0 radical (unpaired) electrons. The Bertz CT molecular complexity index is 797. The molecule has 0 bridgehead atoms. The average molecular weight is 354 g/mol. The van der Waals surface area contributed by atoms with Gasteiger partial charge in [0, 0.05) is 25.8 Å². The molecule has 6 nitrogen and oxygen atoms in total. The topological polar surface area (TPSA) is 58.4 Å². The predicted octanol–water partition coefficient (Wildman–Crippen LogP) is 2.50. The number of benzene rings is 1. The largest absolute Gasteiger partial charge is 0.324 e. The van der Waals surface area contributed by atoms with Crippen molar-refractivity contribution >= 4 is 17.5 Å². The average Bonchev–Trinajstić information content (AvgIpc) is 2.97. The zero-order valence-corrected chi connectivity index (χ0v) is 15.8. The van der Waals surface area contributed by atoms with Gasteiger partial charge in [-0.25, -0.2) is 0 Å². The first-order chi connectivity index (χ1) is 12.4. The van der Waals surface area contributed by atoms with Crippen LogP contribution in [0.1, 0.15) is 37.0 Å². The molecule has 0 aliphatic carbocycles. The van der Waals surface area contributed by atoms with Crippen molar-refractivity contribution in [1.29, 1.82) is 0 Å². The number of hydrogen-bond acceptors (Lipinski definition) is 3. The number of hydrogen-bond donors (Lipinski definition) is 0. The highest BCUT2D eigenvalue weighted by Gasteiger charge is 2.36. The molecular weight excluding hydrogens is 328 g/mol. The third-order valence-electron chi connectivity index (χ3n) is 4.75. The van der Waals surface area contributed by atoms with Crippen molar-refractivity contribution in [3.8, 4) is 0 Å². The second-order valence-electron chi connectivity index (χ2n) is 7.24. The van der Waals surface area contributed by atoms with Crippen LogP contribution in [0.3, 0.4) is 0 Å². The molecule has 1 aromatic carbocycles. The molecule has 1 aliphatic heterocycles. The lowest BCUT2D eigenvalue weighted by molar-refractivity contribution is -0.124. The lowest BCUT2D eigenvalue weighted by atomic mass is 10.1. The van der Waals surface area contributed by atoms with Crippen molar-refractivity contribution in [2.45, 2.75) is 33.2 Å². The summed E-state index contributed by atoms with van der Waals surface area (Å²) in [6, 6.07) is 10.9. The van der Waals surface area contributed by atoms with Gasteiger partial charge in [-0.3, -0.25) is 14.3 Å². The number of aromatic nitrogens is 2. The van der Waals surface area contributed by atoms with E-state index in [9.17, 15) is 9.59 Å². The molecule has 1 saturated heterocycles. The standard InChI is InChI=1S/C20H26N4O2/c1-14(2)12-16-13-18(22(4)21-16)20(26)23-10-11-24(19(25)15(23)3)17-8-6-5-7-9-17/h5-9,13-15H,10-12H2,1-4H3. The SMILES string of the molecule is CC(C)Cc1cc(C(=O)N2CCN(c3ccccc3)C(=O)C2C)n(C)n1. The van der Waals surface area contributed by atoms with Crippen LogP contribution in [0, 0.1) is 5.92 Å². The summed E-state index contributed by atoms with van der Waals surface area (Å²) in [5.74, 6) is 0.284. The third-order valence-corrected chi connectivity index (χ3v) is 4.75. The van der Waals surface area contributed by atoms with Crippen molar-refractivity contribution in [3.63, 3.8) is 0 Å². The molecular formula is C20H26N4O2. The van der Waals surface area contributed by atoms with Crippen LogP contribution >= 0.6 is 0 Å².